The first-order valence-electron chi connectivity index (χ1n) is 12.8. The number of nitrogens with zero attached hydrogens (tertiary/aromatic N) is 5. The number of thioether (sulfide) groups is 1. The normalized spacial score (nSPS) is 13.9. The molecular weight excluding hydrogens is 450 g/mol. The van der Waals surface area contributed by atoms with Crippen molar-refractivity contribution in [2.75, 3.05) is 23.1 Å². The molecule has 1 aliphatic rings. The topological polar surface area (TPSA) is 52.7 Å². The van der Waals surface area contributed by atoms with E-state index in [4.69, 9.17) is 0 Å². The highest BCUT2D eigenvalue weighted by Gasteiger charge is 2.12. The highest BCUT2D eigenvalue weighted by molar-refractivity contribution is 7.99. The molecule has 4 rings (SSSR count). The largest absolute Gasteiger partial charge is 0.361 e. The fourth-order valence-corrected chi connectivity index (χ4v) is 4.98. The Morgan fingerprint density at radius 2 is 1.11 bits per heavy atom. The lowest BCUT2D eigenvalue weighted by atomic mass is 10.0. The number of rotatable bonds is 12. The Hall–Kier alpha value is -2.99. The first kappa shape index (κ1) is 25.1. The number of hydrogen-bond acceptors (Lipinski definition) is 6. The molecule has 182 valence electrons. The molecule has 0 atom stereocenters. The Morgan fingerprint density at radius 1 is 0.629 bits per heavy atom. The minimum absolute atomic E-state index is 0.794. The van der Waals surface area contributed by atoms with E-state index >= 15 is 0 Å². The molecule has 0 saturated carbocycles. The van der Waals surface area contributed by atoms with Crippen molar-refractivity contribution >= 4 is 40.2 Å². The Labute approximate surface area is 213 Å². The summed E-state index contributed by atoms with van der Waals surface area (Å²) in [6.45, 7) is 3.37. The zero-order valence-corrected chi connectivity index (χ0v) is 21.5. The van der Waals surface area contributed by atoms with Gasteiger partial charge in [0.15, 0.2) is 0 Å². The summed E-state index contributed by atoms with van der Waals surface area (Å²) in [7, 11) is 0. The van der Waals surface area contributed by atoms with Crippen LogP contribution in [0.25, 0.3) is 0 Å². The Bertz CT molecular complexity index is 1070. The molecule has 0 spiro atoms. The predicted octanol–water partition coefficient (Wildman–Crippen LogP) is 9.93. The van der Waals surface area contributed by atoms with Crippen molar-refractivity contribution < 1.29 is 0 Å². The number of benzene rings is 3. The van der Waals surface area contributed by atoms with E-state index in [1.54, 1.807) is 0 Å². The van der Waals surface area contributed by atoms with Crippen LogP contribution in [0.4, 0.5) is 28.4 Å². The van der Waals surface area contributed by atoms with Crippen LogP contribution < -0.4 is 4.90 Å². The lowest BCUT2D eigenvalue weighted by Gasteiger charge is -2.16. The van der Waals surface area contributed by atoms with Crippen molar-refractivity contribution in [3.8, 4) is 0 Å². The van der Waals surface area contributed by atoms with Crippen LogP contribution in [0.5, 0.6) is 0 Å². The second kappa shape index (κ2) is 13.8. The average molecular weight is 486 g/mol. The fourth-order valence-electron chi connectivity index (χ4n) is 4.00. The first-order valence-corrected chi connectivity index (χ1v) is 13.9. The Morgan fingerprint density at radius 3 is 1.63 bits per heavy atom. The standard InChI is InChI=1S/C29H35N5S/c1-2-3-4-5-6-7-8-24-9-11-25(12-10-24)30-31-26-13-15-27(16-14-26)32-33-28-17-19-29(20-18-28)34-21-22-35-23-34/h9-20H,2-8,21-23H2,1H3. The van der Waals surface area contributed by atoms with Gasteiger partial charge in [0.1, 0.15) is 0 Å². The molecule has 0 unspecified atom stereocenters. The lowest BCUT2D eigenvalue weighted by Crippen LogP contribution is -2.17. The van der Waals surface area contributed by atoms with Gasteiger partial charge in [0, 0.05) is 18.0 Å². The second-order valence-corrected chi connectivity index (χ2v) is 9.99. The summed E-state index contributed by atoms with van der Waals surface area (Å²) in [5.41, 5.74) is 5.94. The van der Waals surface area contributed by atoms with Crippen LogP contribution in [0.15, 0.2) is 93.3 Å². The summed E-state index contributed by atoms with van der Waals surface area (Å²) >= 11 is 1.97. The van der Waals surface area contributed by atoms with Crippen LogP contribution in [0, 0.1) is 0 Å². The molecule has 6 heteroatoms. The second-order valence-electron chi connectivity index (χ2n) is 8.92. The molecule has 35 heavy (non-hydrogen) atoms. The van der Waals surface area contributed by atoms with Gasteiger partial charge in [0.2, 0.25) is 0 Å². The van der Waals surface area contributed by atoms with Crippen molar-refractivity contribution in [2.24, 2.45) is 20.5 Å². The zero-order valence-electron chi connectivity index (χ0n) is 20.6. The van der Waals surface area contributed by atoms with Gasteiger partial charge in [0.25, 0.3) is 0 Å². The van der Waals surface area contributed by atoms with Crippen molar-refractivity contribution in [2.45, 2.75) is 51.9 Å². The van der Waals surface area contributed by atoms with E-state index in [1.165, 1.54) is 55.5 Å². The van der Waals surface area contributed by atoms with Crippen molar-refractivity contribution in [1.29, 1.82) is 0 Å². The number of anilines is 1. The third-order valence-corrected chi connectivity index (χ3v) is 7.10. The van der Waals surface area contributed by atoms with Crippen molar-refractivity contribution in [3.63, 3.8) is 0 Å². The summed E-state index contributed by atoms with van der Waals surface area (Å²) in [5.74, 6) is 2.26. The van der Waals surface area contributed by atoms with Crippen molar-refractivity contribution in [1.82, 2.24) is 0 Å². The van der Waals surface area contributed by atoms with E-state index in [-0.39, 0.29) is 0 Å². The molecule has 0 aliphatic carbocycles. The van der Waals surface area contributed by atoms with Gasteiger partial charge in [-0.15, -0.1) is 11.8 Å². The summed E-state index contributed by atoms with van der Waals surface area (Å²) in [6, 6.07) is 24.4. The number of aryl methyl sites for hydroxylation is 1. The van der Waals surface area contributed by atoms with Gasteiger partial charge in [0.05, 0.1) is 28.6 Å². The minimum atomic E-state index is 0.794. The van der Waals surface area contributed by atoms with Gasteiger partial charge in [-0.2, -0.15) is 20.5 Å². The first-order chi connectivity index (χ1) is 17.3. The molecule has 1 heterocycles. The third kappa shape index (κ3) is 8.32. The molecular formula is C29H35N5S. The van der Waals surface area contributed by atoms with Crippen LogP contribution in [0.2, 0.25) is 0 Å². The third-order valence-electron chi connectivity index (χ3n) is 6.13. The molecule has 0 N–H and O–H groups in total. The van der Waals surface area contributed by atoms with Crippen LogP contribution >= 0.6 is 11.8 Å². The molecule has 0 amide bonds. The molecule has 1 fully saturated rings. The highest BCUT2D eigenvalue weighted by Crippen LogP contribution is 2.27. The lowest BCUT2D eigenvalue weighted by molar-refractivity contribution is 0.607. The monoisotopic (exact) mass is 485 g/mol. The van der Waals surface area contributed by atoms with Crippen molar-refractivity contribution in [3.05, 3.63) is 78.4 Å². The number of unbranched alkanes of at least 4 members (excludes halogenated alkanes) is 5. The minimum Gasteiger partial charge on any atom is -0.361 e. The Balaban J connectivity index is 1.23. The van der Waals surface area contributed by atoms with Gasteiger partial charge in [-0.3, -0.25) is 0 Å². The molecule has 5 nitrogen and oxygen atoms in total. The SMILES string of the molecule is CCCCCCCCc1ccc(N=Nc2ccc(N=Nc3ccc(N4CCSC4)cc3)cc2)cc1. The van der Waals surface area contributed by atoms with Gasteiger partial charge in [-0.25, -0.2) is 0 Å². The summed E-state index contributed by atoms with van der Waals surface area (Å²) < 4.78 is 0. The maximum atomic E-state index is 4.38. The Kier molecular flexibility index (Phi) is 9.89. The van der Waals surface area contributed by atoms with Gasteiger partial charge in [-0.05, 0) is 79.1 Å². The highest BCUT2D eigenvalue weighted by atomic mass is 32.2. The fraction of sp³-hybridized carbons (Fsp3) is 0.379. The molecule has 0 bridgehead atoms. The number of azo groups is 2. The molecule has 0 aromatic heterocycles. The maximum absolute atomic E-state index is 4.38. The summed E-state index contributed by atoms with van der Waals surface area (Å²) in [5, 5.41) is 17.5. The number of hydrogen-bond donors (Lipinski definition) is 0. The van der Waals surface area contributed by atoms with Gasteiger partial charge >= 0.3 is 0 Å². The molecule has 3 aromatic rings. The molecule has 0 radical (unpaired) electrons. The van der Waals surface area contributed by atoms with E-state index < -0.39 is 0 Å². The predicted molar refractivity (Wildman–Crippen MR) is 149 cm³/mol. The molecule has 1 aliphatic heterocycles. The van der Waals surface area contributed by atoms with Gasteiger partial charge in [-0.1, -0.05) is 51.2 Å². The van der Waals surface area contributed by atoms with E-state index in [0.717, 1.165) is 41.6 Å². The van der Waals surface area contributed by atoms with E-state index in [2.05, 4.69) is 56.5 Å². The molecule has 1 saturated heterocycles. The average Bonchev–Trinajstić information content (AvgIpc) is 3.45. The summed E-state index contributed by atoms with van der Waals surface area (Å²) in [6.07, 6.45) is 9.11. The van der Waals surface area contributed by atoms with Crippen LogP contribution in [-0.4, -0.2) is 18.2 Å². The van der Waals surface area contributed by atoms with E-state index in [1.807, 2.05) is 60.3 Å². The van der Waals surface area contributed by atoms with Crippen LogP contribution in [0.1, 0.15) is 51.0 Å². The smallest absolute Gasteiger partial charge is 0.0858 e. The quantitative estimate of drug-likeness (QED) is 0.189. The summed E-state index contributed by atoms with van der Waals surface area (Å²) in [4.78, 5) is 2.38. The van der Waals surface area contributed by atoms with E-state index in [0.29, 0.717) is 0 Å². The van der Waals surface area contributed by atoms with Gasteiger partial charge < -0.3 is 4.90 Å². The van der Waals surface area contributed by atoms with E-state index in [9.17, 15) is 0 Å². The zero-order chi connectivity index (χ0) is 24.1. The van der Waals surface area contributed by atoms with Crippen LogP contribution in [0.3, 0.4) is 0 Å². The maximum Gasteiger partial charge on any atom is 0.0858 e. The molecule has 3 aromatic carbocycles. The van der Waals surface area contributed by atoms with Crippen LogP contribution in [-0.2, 0) is 6.42 Å².